The van der Waals surface area contributed by atoms with Gasteiger partial charge in [0, 0.05) is 13.1 Å². The number of ether oxygens (including phenoxy) is 1. The molecule has 0 unspecified atom stereocenters. The zero-order chi connectivity index (χ0) is 16.2. The quantitative estimate of drug-likeness (QED) is 0.876. The number of carbonyl (C=O) groups excluding carboxylic acids is 1. The number of para-hydroxylation sites is 1. The van der Waals surface area contributed by atoms with Crippen molar-refractivity contribution in [3.05, 3.63) is 65.2 Å². The van der Waals surface area contributed by atoms with Crippen molar-refractivity contribution in [1.82, 2.24) is 4.90 Å². The lowest BCUT2D eigenvalue weighted by Gasteiger charge is -2.31. The Hall–Kier alpha value is -2.80. The monoisotopic (exact) mass is 306 g/mol. The molecule has 0 fully saturated rings. The summed E-state index contributed by atoms with van der Waals surface area (Å²) in [5, 5.41) is 9.10. The Bertz CT molecular complexity index is 764. The van der Waals surface area contributed by atoms with Gasteiger partial charge in [-0.15, -0.1) is 0 Å². The van der Waals surface area contributed by atoms with Crippen LogP contribution < -0.4 is 4.74 Å². The van der Waals surface area contributed by atoms with Crippen molar-refractivity contribution in [1.29, 1.82) is 5.26 Å². The van der Waals surface area contributed by atoms with Crippen LogP contribution in [0.5, 0.6) is 5.75 Å². The van der Waals surface area contributed by atoms with E-state index in [-0.39, 0.29) is 5.91 Å². The fourth-order valence-electron chi connectivity index (χ4n) is 2.84. The fourth-order valence-corrected chi connectivity index (χ4v) is 2.84. The lowest BCUT2D eigenvalue weighted by atomic mass is 9.99. The molecule has 23 heavy (non-hydrogen) atoms. The molecule has 0 spiro atoms. The van der Waals surface area contributed by atoms with E-state index in [4.69, 9.17) is 10.00 Å². The van der Waals surface area contributed by atoms with Crippen molar-refractivity contribution in [2.24, 2.45) is 0 Å². The Kier molecular flexibility index (Phi) is 4.29. The van der Waals surface area contributed by atoms with E-state index in [9.17, 15) is 4.79 Å². The van der Waals surface area contributed by atoms with E-state index >= 15 is 0 Å². The third-order valence-corrected chi connectivity index (χ3v) is 4.10. The molecule has 1 aliphatic rings. The molecule has 0 radical (unpaired) electrons. The first-order chi connectivity index (χ1) is 11.2. The minimum absolute atomic E-state index is 0.0488. The van der Waals surface area contributed by atoms with E-state index in [1.54, 1.807) is 31.2 Å². The Morgan fingerprint density at radius 1 is 1.17 bits per heavy atom. The maximum atomic E-state index is 12.6. The molecular formula is C19H18N2O2. The van der Waals surface area contributed by atoms with Gasteiger partial charge >= 0.3 is 0 Å². The minimum atomic E-state index is -0.616. The Morgan fingerprint density at radius 2 is 1.87 bits per heavy atom. The SMILES string of the molecule is C[C@H](Oc1ccccc1C#N)C(=O)N1CCc2ccccc2C1. The summed E-state index contributed by atoms with van der Waals surface area (Å²) < 4.78 is 5.73. The van der Waals surface area contributed by atoms with Crippen molar-refractivity contribution < 1.29 is 9.53 Å². The predicted molar refractivity (Wildman–Crippen MR) is 86.8 cm³/mol. The maximum absolute atomic E-state index is 12.6. The zero-order valence-corrected chi connectivity index (χ0v) is 13.0. The van der Waals surface area contributed by atoms with Gasteiger partial charge < -0.3 is 9.64 Å². The molecule has 0 saturated heterocycles. The van der Waals surface area contributed by atoms with E-state index in [1.165, 1.54) is 11.1 Å². The van der Waals surface area contributed by atoms with Crippen molar-refractivity contribution in [2.75, 3.05) is 6.54 Å². The summed E-state index contributed by atoms with van der Waals surface area (Å²) in [4.78, 5) is 14.5. The number of fused-ring (bicyclic) bond motifs is 1. The van der Waals surface area contributed by atoms with Crippen molar-refractivity contribution >= 4 is 5.91 Å². The molecule has 0 N–H and O–H groups in total. The number of hydrogen-bond donors (Lipinski definition) is 0. The Balaban J connectivity index is 1.70. The molecule has 0 aromatic heterocycles. The molecule has 1 heterocycles. The highest BCUT2D eigenvalue weighted by molar-refractivity contribution is 5.81. The van der Waals surface area contributed by atoms with Crippen LogP contribution in [0.25, 0.3) is 0 Å². The van der Waals surface area contributed by atoms with Crippen molar-refractivity contribution in [3.8, 4) is 11.8 Å². The predicted octanol–water partition coefficient (Wildman–Crippen LogP) is 2.91. The summed E-state index contributed by atoms with van der Waals surface area (Å²) in [6.07, 6.45) is 0.249. The number of benzene rings is 2. The van der Waals surface area contributed by atoms with Crippen LogP contribution >= 0.6 is 0 Å². The topological polar surface area (TPSA) is 53.3 Å². The van der Waals surface area contributed by atoms with Gasteiger partial charge in [-0.1, -0.05) is 36.4 Å². The fraction of sp³-hybridized carbons (Fsp3) is 0.263. The normalized spacial score (nSPS) is 14.5. The van der Waals surface area contributed by atoms with Crippen LogP contribution in [0.15, 0.2) is 48.5 Å². The molecule has 4 heteroatoms. The number of amides is 1. The van der Waals surface area contributed by atoms with Crippen LogP contribution in [-0.2, 0) is 17.8 Å². The minimum Gasteiger partial charge on any atom is -0.480 e. The number of nitrogens with zero attached hydrogens (tertiary/aromatic N) is 2. The van der Waals surface area contributed by atoms with Gasteiger partial charge in [-0.05, 0) is 36.6 Å². The molecule has 0 aliphatic carbocycles. The molecule has 0 saturated carbocycles. The van der Waals surface area contributed by atoms with Gasteiger partial charge in [0.15, 0.2) is 6.10 Å². The summed E-state index contributed by atoms with van der Waals surface area (Å²) >= 11 is 0. The van der Waals surface area contributed by atoms with E-state index in [1.807, 2.05) is 17.0 Å². The van der Waals surface area contributed by atoms with Gasteiger partial charge in [-0.2, -0.15) is 5.26 Å². The van der Waals surface area contributed by atoms with Crippen molar-refractivity contribution in [3.63, 3.8) is 0 Å². The van der Waals surface area contributed by atoms with Crippen LogP contribution in [0.1, 0.15) is 23.6 Å². The van der Waals surface area contributed by atoms with Crippen LogP contribution in [-0.4, -0.2) is 23.5 Å². The van der Waals surface area contributed by atoms with E-state index in [0.29, 0.717) is 24.4 Å². The first-order valence-electron chi connectivity index (χ1n) is 7.70. The van der Waals surface area contributed by atoms with Crippen molar-refractivity contribution in [2.45, 2.75) is 26.0 Å². The van der Waals surface area contributed by atoms with Gasteiger partial charge in [-0.3, -0.25) is 4.79 Å². The van der Waals surface area contributed by atoms with Crippen LogP contribution in [0.2, 0.25) is 0 Å². The molecule has 116 valence electrons. The third-order valence-electron chi connectivity index (χ3n) is 4.10. The summed E-state index contributed by atoms with van der Waals surface area (Å²) in [7, 11) is 0. The second-order valence-electron chi connectivity index (χ2n) is 5.65. The second kappa shape index (κ2) is 6.53. The van der Waals surface area contributed by atoms with Gasteiger partial charge in [0.05, 0.1) is 5.56 Å². The number of nitriles is 1. The van der Waals surface area contributed by atoms with E-state index in [0.717, 1.165) is 6.42 Å². The highest BCUT2D eigenvalue weighted by atomic mass is 16.5. The highest BCUT2D eigenvalue weighted by Gasteiger charge is 2.26. The van der Waals surface area contributed by atoms with Crippen LogP contribution in [0.3, 0.4) is 0 Å². The molecular weight excluding hydrogens is 288 g/mol. The van der Waals surface area contributed by atoms with Gasteiger partial charge in [0.25, 0.3) is 5.91 Å². The van der Waals surface area contributed by atoms with Gasteiger partial charge in [-0.25, -0.2) is 0 Å². The third kappa shape index (κ3) is 3.19. The lowest BCUT2D eigenvalue weighted by molar-refractivity contribution is -0.138. The average Bonchev–Trinajstić information content (AvgIpc) is 2.61. The molecule has 0 bridgehead atoms. The van der Waals surface area contributed by atoms with Gasteiger partial charge in [0.2, 0.25) is 0 Å². The average molecular weight is 306 g/mol. The molecule has 1 amide bonds. The van der Waals surface area contributed by atoms with E-state index in [2.05, 4.69) is 18.2 Å². The molecule has 4 nitrogen and oxygen atoms in total. The van der Waals surface area contributed by atoms with Crippen LogP contribution in [0.4, 0.5) is 0 Å². The number of rotatable bonds is 3. The first-order valence-corrected chi connectivity index (χ1v) is 7.70. The largest absolute Gasteiger partial charge is 0.480 e. The molecule has 2 aromatic rings. The number of hydrogen-bond acceptors (Lipinski definition) is 3. The summed E-state index contributed by atoms with van der Waals surface area (Å²) in [5.41, 5.74) is 2.94. The van der Waals surface area contributed by atoms with Gasteiger partial charge in [0.1, 0.15) is 11.8 Å². The maximum Gasteiger partial charge on any atom is 0.263 e. The molecule has 1 atom stereocenters. The highest BCUT2D eigenvalue weighted by Crippen LogP contribution is 2.22. The Morgan fingerprint density at radius 3 is 2.65 bits per heavy atom. The summed E-state index contributed by atoms with van der Waals surface area (Å²) in [5.74, 6) is 0.403. The Labute approximate surface area is 135 Å². The first kappa shape index (κ1) is 15.1. The van der Waals surface area contributed by atoms with E-state index < -0.39 is 6.10 Å². The molecule has 2 aromatic carbocycles. The summed E-state index contributed by atoms with van der Waals surface area (Å²) in [6.45, 7) is 3.04. The standard InChI is InChI=1S/C19H18N2O2/c1-14(23-18-9-5-4-7-16(18)12-20)19(22)21-11-10-15-6-2-3-8-17(15)13-21/h2-9,14H,10-11,13H2,1H3/t14-/m0/s1. The number of carbonyl (C=O) groups is 1. The summed E-state index contributed by atoms with van der Waals surface area (Å²) in [6, 6.07) is 17.3. The van der Waals surface area contributed by atoms with Crippen LogP contribution in [0, 0.1) is 11.3 Å². The molecule has 1 aliphatic heterocycles. The lowest BCUT2D eigenvalue weighted by Crippen LogP contribution is -2.43. The smallest absolute Gasteiger partial charge is 0.263 e. The second-order valence-corrected chi connectivity index (χ2v) is 5.65. The molecule has 3 rings (SSSR count). The zero-order valence-electron chi connectivity index (χ0n) is 13.0.